The molecule has 1 aromatic carbocycles. The zero-order valence-corrected chi connectivity index (χ0v) is 12.2. The monoisotopic (exact) mass is 308 g/mol. The average Bonchev–Trinajstić information content (AvgIpc) is 3.07. The van der Waals surface area contributed by atoms with Crippen molar-refractivity contribution in [3.8, 4) is 10.6 Å². The van der Waals surface area contributed by atoms with E-state index in [1.165, 1.54) is 11.3 Å². The molecular weight excluding hydrogens is 296 g/mol. The smallest absolute Gasteiger partial charge is 0.273 e. The maximum atomic E-state index is 12.2. The number of halogens is 1. The van der Waals surface area contributed by atoms with Crippen LogP contribution in [0.4, 0.5) is 0 Å². The van der Waals surface area contributed by atoms with Crippen molar-refractivity contribution in [3.63, 3.8) is 0 Å². The van der Waals surface area contributed by atoms with Gasteiger partial charge in [0.1, 0.15) is 10.7 Å². The summed E-state index contributed by atoms with van der Waals surface area (Å²) in [5.74, 6) is -0.119. The van der Waals surface area contributed by atoms with Gasteiger partial charge in [0.15, 0.2) is 0 Å². The molecule has 2 aromatic rings. The Hall–Kier alpha value is -1.43. The number of amides is 1. The average molecular weight is 309 g/mol. The molecule has 0 aliphatic carbocycles. The van der Waals surface area contributed by atoms with Gasteiger partial charge in [-0.05, 0) is 18.6 Å². The van der Waals surface area contributed by atoms with Crippen LogP contribution < -0.4 is 0 Å². The Morgan fingerprint density at radius 2 is 2.35 bits per heavy atom. The molecule has 0 radical (unpaired) electrons. The maximum absolute atomic E-state index is 12.2. The van der Waals surface area contributed by atoms with Crippen LogP contribution in [0, 0.1) is 0 Å². The molecule has 1 amide bonds. The molecule has 1 aliphatic rings. The number of β-amino-alcohol motifs (C(OH)–C–C–N with tert-alkyl or cyclic N) is 1. The fourth-order valence-electron chi connectivity index (χ4n) is 2.21. The first-order chi connectivity index (χ1) is 9.63. The van der Waals surface area contributed by atoms with Crippen LogP contribution in [-0.4, -0.2) is 40.1 Å². The van der Waals surface area contributed by atoms with Crippen LogP contribution in [0.3, 0.4) is 0 Å². The van der Waals surface area contributed by atoms with E-state index in [4.69, 9.17) is 11.6 Å². The summed E-state index contributed by atoms with van der Waals surface area (Å²) in [5, 5.41) is 12.7. The normalized spacial score (nSPS) is 18.5. The van der Waals surface area contributed by atoms with Gasteiger partial charge in [-0.3, -0.25) is 4.79 Å². The summed E-state index contributed by atoms with van der Waals surface area (Å²) < 4.78 is 0. The van der Waals surface area contributed by atoms with Gasteiger partial charge in [-0.15, -0.1) is 11.3 Å². The Bertz CT molecular complexity index is 644. The van der Waals surface area contributed by atoms with Crippen LogP contribution in [0.25, 0.3) is 10.6 Å². The van der Waals surface area contributed by atoms with Crippen molar-refractivity contribution in [2.45, 2.75) is 12.5 Å². The lowest BCUT2D eigenvalue weighted by molar-refractivity contribution is 0.0760. The van der Waals surface area contributed by atoms with Gasteiger partial charge in [-0.25, -0.2) is 4.98 Å². The SMILES string of the molecule is O=C(c1csc(-c2cccc(Cl)c2)n1)N1CC[C@H](O)C1. The minimum absolute atomic E-state index is 0.119. The molecule has 0 spiro atoms. The standard InChI is InChI=1S/C14H13ClN2O2S/c15-10-3-1-2-9(6-10)13-16-12(8-20-13)14(19)17-5-4-11(18)7-17/h1-3,6,8,11,18H,4-5,7H2/t11-/m0/s1. The van der Waals surface area contributed by atoms with E-state index >= 15 is 0 Å². The highest BCUT2D eigenvalue weighted by atomic mass is 35.5. The van der Waals surface area contributed by atoms with E-state index < -0.39 is 6.10 Å². The Kier molecular flexibility index (Phi) is 3.74. The number of aromatic nitrogens is 1. The fraction of sp³-hybridized carbons (Fsp3) is 0.286. The topological polar surface area (TPSA) is 53.4 Å². The maximum Gasteiger partial charge on any atom is 0.273 e. The zero-order chi connectivity index (χ0) is 14.1. The Morgan fingerprint density at radius 1 is 1.50 bits per heavy atom. The summed E-state index contributed by atoms with van der Waals surface area (Å²) in [4.78, 5) is 18.3. The molecule has 1 N–H and O–H groups in total. The molecule has 4 nitrogen and oxygen atoms in total. The molecule has 20 heavy (non-hydrogen) atoms. The van der Waals surface area contributed by atoms with Gasteiger partial charge in [0.05, 0.1) is 6.10 Å². The van der Waals surface area contributed by atoms with Gasteiger partial charge in [-0.1, -0.05) is 23.7 Å². The minimum atomic E-state index is -0.412. The van der Waals surface area contributed by atoms with Crippen LogP contribution in [0.1, 0.15) is 16.9 Å². The summed E-state index contributed by atoms with van der Waals surface area (Å²) in [5.41, 5.74) is 1.34. The third kappa shape index (κ3) is 2.70. The first kappa shape index (κ1) is 13.5. The van der Waals surface area contributed by atoms with Crippen LogP contribution in [0.15, 0.2) is 29.6 Å². The lowest BCUT2D eigenvalue weighted by atomic mass is 10.2. The van der Waals surface area contributed by atoms with Crippen molar-refractivity contribution in [1.29, 1.82) is 0 Å². The predicted molar refractivity (Wildman–Crippen MR) is 79.1 cm³/mol. The van der Waals surface area contributed by atoms with Crippen molar-refractivity contribution < 1.29 is 9.90 Å². The number of hydrogen-bond donors (Lipinski definition) is 1. The molecule has 3 rings (SSSR count). The van der Waals surface area contributed by atoms with Crippen molar-refractivity contribution in [3.05, 3.63) is 40.4 Å². The number of hydrogen-bond acceptors (Lipinski definition) is 4. The number of aliphatic hydroxyl groups excluding tert-OH is 1. The molecule has 1 atom stereocenters. The van der Waals surface area contributed by atoms with Crippen LogP contribution in [-0.2, 0) is 0 Å². The number of likely N-dealkylation sites (tertiary alicyclic amines) is 1. The van der Waals surface area contributed by atoms with Crippen molar-refractivity contribution in [2.75, 3.05) is 13.1 Å². The highest BCUT2D eigenvalue weighted by Crippen LogP contribution is 2.26. The molecule has 1 aliphatic heterocycles. The molecule has 2 heterocycles. The molecule has 1 saturated heterocycles. The largest absolute Gasteiger partial charge is 0.391 e. The minimum Gasteiger partial charge on any atom is -0.391 e. The van der Waals surface area contributed by atoms with Gasteiger partial charge >= 0.3 is 0 Å². The summed E-state index contributed by atoms with van der Waals surface area (Å²) in [6, 6.07) is 7.40. The van der Waals surface area contributed by atoms with Crippen molar-refractivity contribution in [1.82, 2.24) is 9.88 Å². The second-order valence-corrected chi connectivity index (χ2v) is 6.04. The van der Waals surface area contributed by atoms with Crippen molar-refractivity contribution in [2.24, 2.45) is 0 Å². The number of rotatable bonds is 2. The van der Waals surface area contributed by atoms with E-state index in [0.717, 1.165) is 10.6 Å². The molecule has 1 aromatic heterocycles. The second kappa shape index (κ2) is 5.52. The first-order valence-electron chi connectivity index (χ1n) is 6.32. The molecule has 0 bridgehead atoms. The number of thiazole rings is 1. The third-order valence-corrected chi connectivity index (χ3v) is 4.37. The van der Waals surface area contributed by atoms with E-state index in [-0.39, 0.29) is 5.91 Å². The first-order valence-corrected chi connectivity index (χ1v) is 7.58. The van der Waals surface area contributed by atoms with E-state index in [2.05, 4.69) is 4.98 Å². The summed E-state index contributed by atoms with van der Waals surface area (Å²) in [6.07, 6.45) is 0.224. The number of nitrogens with zero attached hydrogens (tertiary/aromatic N) is 2. The summed E-state index contributed by atoms with van der Waals surface area (Å²) >= 11 is 7.38. The molecule has 6 heteroatoms. The van der Waals surface area contributed by atoms with E-state index in [1.807, 2.05) is 18.2 Å². The highest BCUT2D eigenvalue weighted by Gasteiger charge is 2.26. The Labute approximate surface area is 125 Å². The van der Waals surface area contributed by atoms with Crippen LogP contribution in [0.2, 0.25) is 5.02 Å². The van der Waals surface area contributed by atoms with Gasteiger partial charge in [-0.2, -0.15) is 0 Å². The molecule has 1 fully saturated rings. The van der Waals surface area contributed by atoms with E-state index in [0.29, 0.717) is 30.2 Å². The van der Waals surface area contributed by atoms with Gasteiger partial charge in [0, 0.05) is 29.1 Å². The number of aliphatic hydroxyl groups is 1. The quantitative estimate of drug-likeness (QED) is 0.928. The van der Waals surface area contributed by atoms with E-state index in [1.54, 1.807) is 16.3 Å². The second-order valence-electron chi connectivity index (χ2n) is 4.74. The summed E-state index contributed by atoms with van der Waals surface area (Å²) in [6.45, 7) is 0.979. The third-order valence-electron chi connectivity index (χ3n) is 3.25. The van der Waals surface area contributed by atoms with Gasteiger partial charge < -0.3 is 10.0 Å². The zero-order valence-electron chi connectivity index (χ0n) is 10.6. The van der Waals surface area contributed by atoms with E-state index in [9.17, 15) is 9.90 Å². The van der Waals surface area contributed by atoms with Gasteiger partial charge in [0.2, 0.25) is 0 Å². The predicted octanol–water partition coefficient (Wildman–Crippen LogP) is 2.67. The highest BCUT2D eigenvalue weighted by molar-refractivity contribution is 7.13. The molecule has 0 saturated carbocycles. The lowest BCUT2D eigenvalue weighted by Crippen LogP contribution is -2.29. The number of benzene rings is 1. The molecule has 104 valence electrons. The Balaban J connectivity index is 1.81. The fourth-order valence-corrected chi connectivity index (χ4v) is 3.20. The summed E-state index contributed by atoms with van der Waals surface area (Å²) in [7, 11) is 0. The molecular formula is C14H13ClN2O2S. The van der Waals surface area contributed by atoms with Crippen molar-refractivity contribution >= 4 is 28.8 Å². The Morgan fingerprint density at radius 3 is 3.05 bits per heavy atom. The number of carbonyl (C=O) groups is 1. The van der Waals surface area contributed by atoms with Gasteiger partial charge in [0.25, 0.3) is 5.91 Å². The van der Waals surface area contributed by atoms with Crippen LogP contribution in [0.5, 0.6) is 0 Å². The number of carbonyl (C=O) groups excluding carboxylic acids is 1. The van der Waals surface area contributed by atoms with Crippen LogP contribution >= 0.6 is 22.9 Å². The molecule has 0 unspecified atom stereocenters. The lowest BCUT2D eigenvalue weighted by Gasteiger charge is -2.13.